The highest BCUT2D eigenvalue weighted by Crippen LogP contribution is 2.23. The summed E-state index contributed by atoms with van der Waals surface area (Å²) in [4.78, 5) is 6.98. The molecule has 0 N–H and O–H groups in total. The molecule has 1 aliphatic rings. The van der Waals surface area contributed by atoms with Gasteiger partial charge >= 0.3 is 0 Å². The summed E-state index contributed by atoms with van der Waals surface area (Å²) in [5, 5.41) is 4.07. The first-order chi connectivity index (χ1) is 15.0. The highest BCUT2D eigenvalue weighted by atomic mass is 32.2. The van der Waals surface area contributed by atoms with Gasteiger partial charge in [-0.1, -0.05) is 49.3 Å². The van der Waals surface area contributed by atoms with Crippen molar-refractivity contribution in [3.05, 3.63) is 66.0 Å². The Morgan fingerprint density at radius 1 is 1.00 bits per heavy atom. The van der Waals surface area contributed by atoms with Gasteiger partial charge in [-0.15, -0.1) is 0 Å². The first kappa shape index (κ1) is 21.7. The zero-order valence-corrected chi connectivity index (χ0v) is 18.8. The topological polar surface area (TPSA) is 79.5 Å². The molecule has 1 unspecified atom stereocenters. The largest absolute Gasteiger partial charge is 0.334 e. The van der Waals surface area contributed by atoms with Crippen molar-refractivity contribution in [1.82, 2.24) is 19.3 Å². The van der Waals surface area contributed by atoms with E-state index in [4.69, 9.17) is 4.52 Å². The summed E-state index contributed by atoms with van der Waals surface area (Å²) in [7, 11) is -3.48. The molecule has 1 atom stereocenters. The molecule has 0 saturated carbocycles. The van der Waals surface area contributed by atoms with E-state index < -0.39 is 10.0 Å². The van der Waals surface area contributed by atoms with Crippen LogP contribution < -0.4 is 0 Å². The minimum atomic E-state index is -3.48. The van der Waals surface area contributed by atoms with Crippen LogP contribution >= 0.6 is 0 Å². The van der Waals surface area contributed by atoms with Crippen LogP contribution in [0, 0.1) is 0 Å². The maximum Gasteiger partial charge on any atom is 0.257 e. The Bertz CT molecular complexity index is 1090. The van der Waals surface area contributed by atoms with Crippen molar-refractivity contribution < 1.29 is 12.9 Å². The molecule has 31 heavy (non-hydrogen) atoms. The number of aromatic nitrogens is 2. The second-order valence-electron chi connectivity index (χ2n) is 7.94. The number of piperazine rings is 1. The van der Waals surface area contributed by atoms with E-state index in [1.807, 2.05) is 42.5 Å². The van der Waals surface area contributed by atoms with E-state index in [0.717, 1.165) is 12.0 Å². The Kier molecular flexibility index (Phi) is 6.50. The molecule has 2 heterocycles. The summed E-state index contributed by atoms with van der Waals surface area (Å²) >= 11 is 0. The average molecular weight is 441 g/mol. The van der Waals surface area contributed by atoms with E-state index in [0.29, 0.717) is 55.3 Å². The minimum Gasteiger partial charge on any atom is -0.334 e. The quantitative estimate of drug-likeness (QED) is 0.557. The second-order valence-corrected chi connectivity index (χ2v) is 9.88. The molecular formula is C23H28N4O3S. The van der Waals surface area contributed by atoms with Crippen LogP contribution in [0.1, 0.15) is 37.6 Å². The van der Waals surface area contributed by atoms with Crippen molar-refractivity contribution in [2.45, 2.75) is 37.6 Å². The van der Waals surface area contributed by atoms with Crippen LogP contribution in [-0.4, -0.2) is 53.9 Å². The van der Waals surface area contributed by atoms with Gasteiger partial charge in [0.1, 0.15) is 0 Å². The molecule has 1 aliphatic heterocycles. The van der Waals surface area contributed by atoms with Gasteiger partial charge in [-0.3, -0.25) is 4.90 Å². The lowest BCUT2D eigenvalue weighted by molar-refractivity contribution is 0.176. The van der Waals surface area contributed by atoms with Crippen molar-refractivity contribution in [1.29, 1.82) is 0 Å². The summed E-state index contributed by atoms with van der Waals surface area (Å²) < 4.78 is 33.0. The van der Waals surface area contributed by atoms with Crippen molar-refractivity contribution >= 4 is 10.0 Å². The summed E-state index contributed by atoms with van der Waals surface area (Å²) in [6.45, 7) is 6.95. The van der Waals surface area contributed by atoms with Crippen molar-refractivity contribution in [2.24, 2.45) is 0 Å². The number of benzene rings is 2. The molecule has 8 heteroatoms. The number of hydrogen-bond donors (Lipinski definition) is 0. The summed E-state index contributed by atoms with van der Waals surface area (Å²) in [5.74, 6) is 1.53. The van der Waals surface area contributed by atoms with E-state index in [9.17, 15) is 8.42 Å². The standard InChI is InChI=1S/C23H28N4O3S/c1-3-18(2)19-9-11-21(12-10-19)31(28,29)27-15-13-26(14-16-27)17-22-24-23(30-25-22)20-7-5-4-6-8-20/h4-12,18H,3,13-17H2,1-2H3. The molecule has 2 aromatic carbocycles. The van der Waals surface area contributed by atoms with Gasteiger partial charge in [0.15, 0.2) is 5.82 Å². The van der Waals surface area contributed by atoms with Crippen LogP contribution in [0.4, 0.5) is 0 Å². The predicted octanol–water partition coefficient (Wildman–Crippen LogP) is 3.76. The zero-order chi connectivity index (χ0) is 21.8. The lowest BCUT2D eigenvalue weighted by Crippen LogP contribution is -2.48. The first-order valence-electron chi connectivity index (χ1n) is 10.7. The third-order valence-corrected chi connectivity index (χ3v) is 7.80. The number of nitrogens with zero attached hydrogens (tertiary/aromatic N) is 4. The molecule has 1 aromatic heterocycles. The molecule has 0 amide bonds. The van der Waals surface area contributed by atoms with E-state index >= 15 is 0 Å². The SMILES string of the molecule is CCC(C)c1ccc(S(=O)(=O)N2CCN(Cc3noc(-c4ccccc4)n3)CC2)cc1. The van der Waals surface area contributed by atoms with E-state index in [1.54, 1.807) is 16.4 Å². The van der Waals surface area contributed by atoms with Crippen molar-refractivity contribution in [3.63, 3.8) is 0 Å². The number of sulfonamides is 1. The van der Waals surface area contributed by atoms with E-state index in [-0.39, 0.29) is 0 Å². The molecular weight excluding hydrogens is 412 g/mol. The molecule has 4 rings (SSSR count). The third-order valence-electron chi connectivity index (χ3n) is 5.88. The van der Waals surface area contributed by atoms with Gasteiger partial charge < -0.3 is 4.52 Å². The third kappa shape index (κ3) is 4.87. The van der Waals surface area contributed by atoms with Crippen LogP contribution in [0.25, 0.3) is 11.5 Å². The fourth-order valence-corrected chi connectivity index (χ4v) is 5.12. The number of hydrogen-bond acceptors (Lipinski definition) is 6. The molecule has 0 aliphatic carbocycles. The molecule has 7 nitrogen and oxygen atoms in total. The van der Waals surface area contributed by atoms with Crippen LogP contribution in [0.15, 0.2) is 64.0 Å². The van der Waals surface area contributed by atoms with Gasteiger partial charge in [0.05, 0.1) is 11.4 Å². The lowest BCUT2D eigenvalue weighted by atomic mass is 9.99. The van der Waals surface area contributed by atoms with Gasteiger partial charge in [-0.2, -0.15) is 9.29 Å². The Balaban J connectivity index is 1.35. The summed E-state index contributed by atoms with van der Waals surface area (Å²) in [6.07, 6.45) is 1.03. The summed E-state index contributed by atoms with van der Waals surface area (Å²) in [5.41, 5.74) is 2.05. The normalized spacial score (nSPS) is 17.0. The van der Waals surface area contributed by atoms with Crippen LogP contribution in [-0.2, 0) is 16.6 Å². The Hall–Kier alpha value is -2.55. The molecule has 164 valence electrons. The number of rotatable bonds is 7. The van der Waals surface area contributed by atoms with Crippen LogP contribution in [0.2, 0.25) is 0 Å². The van der Waals surface area contributed by atoms with Crippen LogP contribution in [0.3, 0.4) is 0 Å². The molecule has 1 saturated heterocycles. The summed E-state index contributed by atoms with van der Waals surface area (Å²) in [6, 6.07) is 17.0. The molecule has 0 bridgehead atoms. The van der Waals surface area contributed by atoms with Gasteiger partial charge in [0.2, 0.25) is 10.0 Å². The molecule has 0 spiro atoms. The maximum atomic E-state index is 13.0. The Morgan fingerprint density at radius 2 is 1.68 bits per heavy atom. The van der Waals surface area contributed by atoms with E-state index in [2.05, 4.69) is 28.9 Å². The average Bonchev–Trinajstić information content (AvgIpc) is 3.28. The highest BCUT2D eigenvalue weighted by molar-refractivity contribution is 7.89. The minimum absolute atomic E-state index is 0.360. The van der Waals surface area contributed by atoms with Crippen molar-refractivity contribution in [2.75, 3.05) is 26.2 Å². The Labute approximate surface area is 183 Å². The molecule has 1 fully saturated rings. The van der Waals surface area contributed by atoms with Gasteiger partial charge in [0.25, 0.3) is 5.89 Å². The fraction of sp³-hybridized carbons (Fsp3) is 0.391. The van der Waals surface area contributed by atoms with Gasteiger partial charge in [-0.05, 0) is 42.2 Å². The molecule has 0 radical (unpaired) electrons. The predicted molar refractivity (Wildman–Crippen MR) is 119 cm³/mol. The van der Waals surface area contributed by atoms with Gasteiger partial charge in [-0.25, -0.2) is 8.42 Å². The van der Waals surface area contributed by atoms with Gasteiger partial charge in [0, 0.05) is 31.7 Å². The first-order valence-corrected chi connectivity index (χ1v) is 12.1. The fourth-order valence-electron chi connectivity index (χ4n) is 3.70. The van der Waals surface area contributed by atoms with E-state index in [1.165, 1.54) is 5.56 Å². The molecule has 3 aromatic rings. The second kappa shape index (κ2) is 9.30. The smallest absolute Gasteiger partial charge is 0.257 e. The highest BCUT2D eigenvalue weighted by Gasteiger charge is 2.29. The van der Waals surface area contributed by atoms with Crippen LogP contribution in [0.5, 0.6) is 0 Å². The van der Waals surface area contributed by atoms with Crippen molar-refractivity contribution in [3.8, 4) is 11.5 Å². The maximum absolute atomic E-state index is 13.0. The monoisotopic (exact) mass is 440 g/mol. The lowest BCUT2D eigenvalue weighted by Gasteiger charge is -2.33. The zero-order valence-electron chi connectivity index (χ0n) is 17.9. The Morgan fingerprint density at radius 3 is 2.32 bits per heavy atom.